The van der Waals surface area contributed by atoms with Crippen LogP contribution >= 0.6 is 0 Å². The number of carboxylic acids is 1. The molecule has 0 unspecified atom stereocenters. The predicted molar refractivity (Wildman–Crippen MR) is 91.9 cm³/mol. The molecule has 0 aliphatic heterocycles. The molecule has 0 bridgehead atoms. The largest absolute Gasteiger partial charge is 0.481 e. The van der Waals surface area contributed by atoms with Gasteiger partial charge < -0.3 is 15.4 Å². The lowest BCUT2D eigenvalue weighted by Crippen LogP contribution is -2.30. The molecule has 0 saturated carbocycles. The summed E-state index contributed by atoms with van der Waals surface area (Å²) in [6, 6.07) is 14.2. The van der Waals surface area contributed by atoms with Crippen molar-refractivity contribution < 1.29 is 14.7 Å². The van der Waals surface area contributed by atoms with Crippen molar-refractivity contribution in [2.45, 2.75) is 19.4 Å². The molecule has 2 aromatic carbocycles. The van der Waals surface area contributed by atoms with Crippen LogP contribution in [0.5, 0.6) is 0 Å². The van der Waals surface area contributed by atoms with E-state index in [4.69, 9.17) is 0 Å². The topological polar surface area (TPSA) is 82.2 Å². The number of aryl methyl sites for hydroxylation is 1. The van der Waals surface area contributed by atoms with Crippen molar-refractivity contribution in [1.82, 2.24) is 10.3 Å². The van der Waals surface area contributed by atoms with Gasteiger partial charge in [0.2, 0.25) is 0 Å². The van der Waals surface area contributed by atoms with Gasteiger partial charge in [0.25, 0.3) is 5.91 Å². The normalized spacial score (nSPS) is 12.0. The second-order valence-corrected chi connectivity index (χ2v) is 5.73. The second-order valence-electron chi connectivity index (χ2n) is 5.73. The molecule has 0 radical (unpaired) electrons. The minimum atomic E-state index is -0.957. The first kappa shape index (κ1) is 15.8. The summed E-state index contributed by atoms with van der Waals surface area (Å²) in [6.45, 7) is 1.90. The number of hydrogen-bond donors (Lipinski definition) is 3. The van der Waals surface area contributed by atoms with E-state index >= 15 is 0 Å². The molecule has 24 heavy (non-hydrogen) atoms. The van der Waals surface area contributed by atoms with Crippen molar-refractivity contribution in [3.63, 3.8) is 0 Å². The number of aromatic nitrogens is 1. The number of benzene rings is 2. The zero-order chi connectivity index (χ0) is 17.1. The summed E-state index contributed by atoms with van der Waals surface area (Å²) in [5, 5.41) is 13.0. The Bertz CT molecular complexity index is 898. The van der Waals surface area contributed by atoms with Gasteiger partial charge in [-0.15, -0.1) is 0 Å². The standard InChI is InChI=1S/C19H18N2O3/c1-12-5-2-3-7-14(12)16(11-17(22)23)21-19(24)15-8-4-6-13-9-10-20-18(13)15/h2-10,16,20H,11H2,1H3,(H,21,24)(H,22,23)/t16-/m0/s1. The summed E-state index contributed by atoms with van der Waals surface area (Å²) in [4.78, 5) is 27.0. The van der Waals surface area contributed by atoms with E-state index in [-0.39, 0.29) is 12.3 Å². The van der Waals surface area contributed by atoms with Crippen molar-refractivity contribution in [2.75, 3.05) is 0 Å². The zero-order valence-electron chi connectivity index (χ0n) is 13.2. The van der Waals surface area contributed by atoms with E-state index in [1.807, 2.05) is 49.4 Å². The fourth-order valence-corrected chi connectivity index (χ4v) is 2.90. The lowest BCUT2D eigenvalue weighted by atomic mass is 9.98. The average molecular weight is 322 g/mol. The van der Waals surface area contributed by atoms with Gasteiger partial charge >= 0.3 is 5.97 Å². The SMILES string of the molecule is Cc1ccccc1[C@H](CC(=O)O)NC(=O)c1cccc2cc[nH]c12. The molecule has 3 rings (SSSR count). The molecule has 1 aromatic heterocycles. The molecule has 1 amide bonds. The van der Waals surface area contributed by atoms with Gasteiger partial charge in [0.15, 0.2) is 0 Å². The zero-order valence-corrected chi connectivity index (χ0v) is 13.2. The fourth-order valence-electron chi connectivity index (χ4n) is 2.90. The van der Waals surface area contributed by atoms with Gasteiger partial charge in [0.1, 0.15) is 0 Å². The number of amides is 1. The first-order valence-corrected chi connectivity index (χ1v) is 7.70. The Morgan fingerprint density at radius 1 is 1.12 bits per heavy atom. The molecule has 0 saturated heterocycles. The van der Waals surface area contributed by atoms with E-state index in [1.165, 1.54) is 0 Å². The van der Waals surface area contributed by atoms with E-state index in [1.54, 1.807) is 12.3 Å². The van der Waals surface area contributed by atoms with Crippen LogP contribution in [0.3, 0.4) is 0 Å². The maximum atomic E-state index is 12.7. The summed E-state index contributed by atoms with van der Waals surface area (Å²) in [6.07, 6.45) is 1.61. The van der Waals surface area contributed by atoms with Crippen molar-refractivity contribution in [3.8, 4) is 0 Å². The molecule has 0 aliphatic carbocycles. The van der Waals surface area contributed by atoms with Crippen LogP contribution in [0.4, 0.5) is 0 Å². The summed E-state index contributed by atoms with van der Waals surface area (Å²) in [7, 11) is 0. The molecule has 3 aromatic rings. The van der Waals surface area contributed by atoms with E-state index in [2.05, 4.69) is 10.3 Å². The summed E-state index contributed by atoms with van der Waals surface area (Å²) in [5.41, 5.74) is 3.00. The number of para-hydroxylation sites is 1. The number of carbonyl (C=O) groups is 2. The van der Waals surface area contributed by atoms with Gasteiger partial charge in [-0.05, 0) is 30.2 Å². The van der Waals surface area contributed by atoms with Crippen molar-refractivity contribution >= 4 is 22.8 Å². The Labute approximate surface area is 139 Å². The number of fused-ring (bicyclic) bond motifs is 1. The van der Waals surface area contributed by atoms with Crippen LogP contribution in [0.15, 0.2) is 54.7 Å². The molecule has 5 heteroatoms. The van der Waals surface area contributed by atoms with Gasteiger partial charge in [-0.2, -0.15) is 0 Å². The quantitative estimate of drug-likeness (QED) is 0.673. The maximum Gasteiger partial charge on any atom is 0.305 e. The van der Waals surface area contributed by atoms with Crippen LogP contribution in [0, 0.1) is 6.92 Å². The second kappa shape index (κ2) is 6.58. The Kier molecular flexibility index (Phi) is 4.33. The lowest BCUT2D eigenvalue weighted by molar-refractivity contribution is -0.137. The van der Waals surface area contributed by atoms with Crippen molar-refractivity contribution in [3.05, 3.63) is 71.4 Å². The monoisotopic (exact) mass is 322 g/mol. The van der Waals surface area contributed by atoms with Crippen LogP contribution in [0.2, 0.25) is 0 Å². The number of nitrogens with one attached hydrogen (secondary N) is 2. The molecule has 1 atom stereocenters. The van der Waals surface area contributed by atoms with Crippen LogP contribution in [-0.4, -0.2) is 22.0 Å². The average Bonchev–Trinajstić information content (AvgIpc) is 3.02. The van der Waals surface area contributed by atoms with Gasteiger partial charge in [-0.25, -0.2) is 0 Å². The minimum Gasteiger partial charge on any atom is -0.481 e. The third kappa shape index (κ3) is 3.15. The first-order chi connectivity index (χ1) is 11.6. The molecule has 0 fully saturated rings. The molecule has 0 spiro atoms. The molecule has 5 nitrogen and oxygen atoms in total. The van der Waals surface area contributed by atoms with Gasteiger partial charge in [-0.3, -0.25) is 9.59 Å². The van der Waals surface area contributed by atoms with Crippen molar-refractivity contribution in [2.24, 2.45) is 0 Å². The lowest BCUT2D eigenvalue weighted by Gasteiger charge is -2.19. The summed E-state index contributed by atoms with van der Waals surface area (Å²) < 4.78 is 0. The molecule has 3 N–H and O–H groups in total. The molecule has 1 heterocycles. The minimum absolute atomic E-state index is 0.169. The first-order valence-electron chi connectivity index (χ1n) is 7.70. The third-order valence-electron chi connectivity index (χ3n) is 4.08. The van der Waals surface area contributed by atoms with Gasteiger partial charge in [0, 0.05) is 11.6 Å². The third-order valence-corrected chi connectivity index (χ3v) is 4.08. The van der Waals surface area contributed by atoms with Crippen LogP contribution in [0.1, 0.15) is 33.9 Å². The Hall–Kier alpha value is -3.08. The summed E-state index contributed by atoms with van der Waals surface area (Å²) in [5.74, 6) is -1.25. The molecular weight excluding hydrogens is 304 g/mol. The maximum absolute atomic E-state index is 12.7. The van der Waals surface area contributed by atoms with Crippen LogP contribution in [-0.2, 0) is 4.79 Å². The Balaban J connectivity index is 1.93. The van der Waals surface area contributed by atoms with Crippen molar-refractivity contribution in [1.29, 1.82) is 0 Å². The molecule has 0 aliphatic rings. The van der Waals surface area contributed by atoms with E-state index < -0.39 is 12.0 Å². The number of rotatable bonds is 5. The summed E-state index contributed by atoms with van der Waals surface area (Å²) >= 11 is 0. The number of carboxylic acid groups (broad SMARTS) is 1. The number of aliphatic carboxylic acids is 1. The predicted octanol–water partition coefficient (Wildman–Crippen LogP) is 3.42. The Morgan fingerprint density at radius 2 is 1.92 bits per heavy atom. The fraction of sp³-hybridized carbons (Fsp3) is 0.158. The van der Waals surface area contributed by atoms with Crippen LogP contribution in [0.25, 0.3) is 10.9 Å². The van der Waals surface area contributed by atoms with E-state index in [9.17, 15) is 14.7 Å². The number of carbonyl (C=O) groups excluding carboxylic acids is 1. The Morgan fingerprint density at radius 3 is 2.67 bits per heavy atom. The highest BCUT2D eigenvalue weighted by atomic mass is 16.4. The van der Waals surface area contributed by atoms with Gasteiger partial charge in [-0.1, -0.05) is 36.4 Å². The van der Waals surface area contributed by atoms with Gasteiger partial charge in [0.05, 0.1) is 23.5 Å². The van der Waals surface area contributed by atoms with E-state index in [0.717, 1.165) is 22.0 Å². The smallest absolute Gasteiger partial charge is 0.305 e. The van der Waals surface area contributed by atoms with E-state index in [0.29, 0.717) is 5.56 Å². The van der Waals surface area contributed by atoms with Crippen LogP contribution < -0.4 is 5.32 Å². The highest BCUT2D eigenvalue weighted by Crippen LogP contribution is 2.23. The number of hydrogen-bond acceptors (Lipinski definition) is 2. The highest BCUT2D eigenvalue weighted by molar-refractivity contribution is 6.05. The molecular formula is C19H18N2O3. The number of aromatic amines is 1. The highest BCUT2D eigenvalue weighted by Gasteiger charge is 2.21. The molecule has 122 valence electrons. The number of H-pyrrole nitrogens is 1.